The predicted octanol–water partition coefficient (Wildman–Crippen LogP) is 1.66. The molecule has 108 valence electrons. The first-order chi connectivity index (χ1) is 10.6. The molecule has 6 nitrogen and oxygen atoms in total. The molecule has 22 heavy (non-hydrogen) atoms. The van der Waals surface area contributed by atoms with Crippen molar-refractivity contribution < 1.29 is 0 Å². The predicted molar refractivity (Wildman–Crippen MR) is 85.9 cm³/mol. The average Bonchev–Trinajstić information content (AvgIpc) is 2.92. The van der Waals surface area contributed by atoms with Crippen LogP contribution in [0.4, 0.5) is 0 Å². The number of fused-ring (bicyclic) bond motifs is 2. The summed E-state index contributed by atoms with van der Waals surface area (Å²) in [5.41, 5.74) is 3.15. The fraction of sp³-hybridized carbons (Fsp3) is 0.0625. The van der Waals surface area contributed by atoms with Crippen LogP contribution >= 0.6 is 0 Å². The number of nitrogens with zero attached hydrogens (tertiary/aromatic N) is 4. The van der Waals surface area contributed by atoms with Gasteiger partial charge in [0.25, 0.3) is 5.56 Å². The summed E-state index contributed by atoms with van der Waals surface area (Å²) in [5.74, 6) is 5.71. The monoisotopic (exact) mass is 291 g/mol. The molecule has 0 aliphatic rings. The summed E-state index contributed by atoms with van der Waals surface area (Å²) in [5, 5.41) is 5.57. The Morgan fingerprint density at radius 2 is 1.86 bits per heavy atom. The van der Waals surface area contributed by atoms with Crippen molar-refractivity contribution in [2.24, 2.45) is 7.05 Å². The van der Waals surface area contributed by atoms with Crippen LogP contribution in [0.25, 0.3) is 33.1 Å². The van der Waals surface area contributed by atoms with E-state index >= 15 is 0 Å². The third-order valence-corrected chi connectivity index (χ3v) is 3.83. The van der Waals surface area contributed by atoms with E-state index in [-0.39, 0.29) is 5.56 Å². The Morgan fingerprint density at radius 1 is 1.09 bits per heavy atom. The number of nitrogen functional groups attached to an aromatic ring is 1. The van der Waals surface area contributed by atoms with Crippen molar-refractivity contribution >= 4 is 21.8 Å². The van der Waals surface area contributed by atoms with E-state index < -0.39 is 0 Å². The molecule has 0 aliphatic heterocycles. The Labute approximate surface area is 125 Å². The minimum atomic E-state index is -0.307. The fourth-order valence-electron chi connectivity index (χ4n) is 2.70. The zero-order valence-corrected chi connectivity index (χ0v) is 11.9. The van der Waals surface area contributed by atoms with E-state index in [2.05, 4.69) is 10.1 Å². The van der Waals surface area contributed by atoms with E-state index in [0.717, 1.165) is 26.8 Å². The number of aromatic nitrogens is 4. The van der Waals surface area contributed by atoms with E-state index in [0.29, 0.717) is 11.1 Å². The third kappa shape index (κ3) is 1.70. The van der Waals surface area contributed by atoms with Gasteiger partial charge in [0.05, 0.1) is 22.7 Å². The number of benzene rings is 2. The van der Waals surface area contributed by atoms with Crippen molar-refractivity contribution in [3.05, 3.63) is 59.1 Å². The van der Waals surface area contributed by atoms with Gasteiger partial charge >= 0.3 is 0 Å². The van der Waals surface area contributed by atoms with Gasteiger partial charge in [-0.1, -0.05) is 24.3 Å². The van der Waals surface area contributed by atoms with E-state index in [1.54, 1.807) is 12.4 Å². The second-order valence-corrected chi connectivity index (χ2v) is 5.20. The highest BCUT2D eigenvalue weighted by molar-refractivity contribution is 5.95. The maximum atomic E-state index is 12.1. The van der Waals surface area contributed by atoms with Gasteiger partial charge in [0.2, 0.25) is 0 Å². The normalized spacial score (nSPS) is 11.3. The second kappa shape index (κ2) is 4.42. The Morgan fingerprint density at radius 3 is 2.68 bits per heavy atom. The Bertz CT molecular complexity index is 1080. The molecule has 0 saturated heterocycles. The SMILES string of the molecule is Cn1cnc2cc(-c3nn(N)c(=O)c4ccccc34)ccc21. The van der Waals surface area contributed by atoms with Crippen molar-refractivity contribution in [2.75, 3.05) is 5.84 Å². The molecule has 0 atom stereocenters. The zero-order chi connectivity index (χ0) is 15.3. The van der Waals surface area contributed by atoms with E-state index in [1.807, 2.05) is 48.0 Å². The molecule has 2 aromatic carbocycles. The highest BCUT2D eigenvalue weighted by atomic mass is 16.1. The van der Waals surface area contributed by atoms with Crippen LogP contribution in [0.15, 0.2) is 53.6 Å². The van der Waals surface area contributed by atoms with E-state index in [1.165, 1.54) is 0 Å². The second-order valence-electron chi connectivity index (χ2n) is 5.20. The first-order valence-electron chi connectivity index (χ1n) is 6.84. The van der Waals surface area contributed by atoms with Crippen molar-refractivity contribution in [3.63, 3.8) is 0 Å². The van der Waals surface area contributed by atoms with Gasteiger partial charge in [-0.15, -0.1) is 9.89 Å². The minimum absolute atomic E-state index is 0.307. The molecule has 4 aromatic rings. The van der Waals surface area contributed by atoms with Crippen LogP contribution in [-0.2, 0) is 7.05 Å². The Kier molecular flexibility index (Phi) is 2.53. The smallest absolute Gasteiger partial charge is 0.293 e. The van der Waals surface area contributed by atoms with Crippen LogP contribution in [-0.4, -0.2) is 19.4 Å². The van der Waals surface area contributed by atoms with Crippen LogP contribution < -0.4 is 11.4 Å². The summed E-state index contributed by atoms with van der Waals surface area (Å²) >= 11 is 0. The first-order valence-corrected chi connectivity index (χ1v) is 6.84. The van der Waals surface area contributed by atoms with E-state index in [4.69, 9.17) is 5.84 Å². The molecule has 0 spiro atoms. The lowest BCUT2D eigenvalue weighted by atomic mass is 10.0. The van der Waals surface area contributed by atoms with Crippen LogP contribution in [0.2, 0.25) is 0 Å². The standard InChI is InChI=1S/C16H13N5O/c1-20-9-18-13-8-10(6-7-14(13)20)15-11-4-2-3-5-12(11)16(22)21(17)19-15/h2-9H,17H2,1H3. The summed E-state index contributed by atoms with van der Waals surface area (Å²) in [6.07, 6.45) is 1.77. The summed E-state index contributed by atoms with van der Waals surface area (Å²) in [6.45, 7) is 0. The molecule has 0 bridgehead atoms. The molecule has 6 heteroatoms. The molecule has 0 amide bonds. The van der Waals surface area contributed by atoms with Gasteiger partial charge in [0, 0.05) is 18.0 Å². The molecule has 2 heterocycles. The molecule has 2 aromatic heterocycles. The number of nitrogens with two attached hydrogens (primary N) is 1. The third-order valence-electron chi connectivity index (χ3n) is 3.83. The van der Waals surface area contributed by atoms with Gasteiger partial charge in [-0.05, 0) is 18.2 Å². The number of rotatable bonds is 1. The molecule has 2 N–H and O–H groups in total. The van der Waals surface area contributed by atoms with E-state index in [9.17, 15) is 4.79 Å². The van der Waals surface area contributed by atoms with Gasteiger partial charge in [-0.3, -0.25) is 4.79 Å². The summed E-state index contributed by atoms with van der Waals surface area (Å²) in [7, 11) is 1.95. The Hall–Kier alpha value is -3.15. The minimum Gasteiger partial charge on any atom is -0.334 e. The molecule has 0 aliphatic carbocycles. The van der Waals surface area contributed by atoms with Crippen molar-refractivity contribution in [1.82, 2.24) is 19.4 Å². The highest BCUT2D eigenvalue weighted by Crippen LogP contribution is 2.26. The van der Waals surface area contributed by atoms with Crippen molar-refractivity contribution in [3.8, 4) is 11.3 Å². The topological polar surface area (TPSA) is 78.7 Å². The van der Waals surface area contributed by atoms with Crippen molar-refractivity contribution in [1.29, 1.82) is 0 Å². The lowest BCUT2D eigenvalue weighted by Gasteiger charge is -2.08. The lowest BCUT2D eigenvalue weighted by Crippen LogP contribution is -2.30. The van der Waals surface area contributed by atoms with Gasteiger partial charge in [-0.25, -0.2) is 4.98 Å². The number of imidazole rings is 1. The maximum absolute atomic E-state index is 12.1. The molecular weight excluding hydrogens is 278 g/mol. The molecule has 0 radical (unpaired) electrons. The highest BCUT2D eigenvalue weighted by Gasteiger charge is 2.12. The summed E-state index contributed by atoms with van der Waals surface area (Å²) in [6, 6.07) is 13.2. The quantitative estimate of drug-likeness (QED) is 0.541. The van der Waals surface area contributed by atoms with Crippen LogP contribution in [0.1, 0.15) is 0 Å². The number of aryl methyl sites for hydroxylation is 1. The maximum Gasteiger partial charge on any atom is 0.293 e. The van der Waals surface area contributed by atoms with Crippen LogP contribution in [0.5, 0.6) is 0 Å². The van der Waals surface area contributed by atoms with Gasteiger partial charge in [-0.2, -0.15) is 0 Å². The van der Waals surface area contributed by atoms with Gasteiger partial charge < -0.3 is 10.4 Å². The molecule has 4 rings (SSSR count). The number of hydrogen-bond donors (Lipinski definition) is 1. The number of hydrogen-bond acceptors (Lipinski definition) is 4. The van der Waals surface area contributed by atoms with Crippen LogP contribution in [0.3, 0.4) is 0 Å². The molecule has 0 fully saturated rings. The van der Waals surface area contributed by atoms with Crippen molar-refractivity contribution in [2.45, 2.75) is 0 Å². The van der Waals surface area contributed by atoms with Gasteiger partial charge in [0.15, 0.2) is 0 Å². The van der Waals surface area contributed by atoms with Crippen LogP contribution in [0, 0.1) is 0 Å². The molecule has 0 saturated carbocycles. The lowest BCUT2D eigenvalue weighted by molar-refractivity contribution is 0.781. The van der Waals surface area contributed by atoms with Gasteiger partial charge in [0.1, 0.15) is 5.69 Å². The summed E-state index contributed by atoms with van der Waals surface area (Å²) < 4.78 is 1.95. The summed E-state index contributed by atoms with van der Waals surface area (Å²) in [4.78, 5) is 17.3. The zero-order valence-electron chi connectivity index (χ0n) is 11.9. The molecular formula is C16H13N5O. The fourth-order valence-corrected chi connectivity index (χ4v) is 2.70. The first kappa shape index (κ1) is 12.6. The average molecular weight is 291 g/mol. The molecule has 0 unspecified atom stereocenters. The largest absolute Gasteiger partial charge is 0.334 e. The Balaban J connectivity index is 2.07.